The first-order valence-corrected chi connectivity index (χ1v) is 5.48. The second-order valence-corrected chi connectivity index (χ2v) is 3.66. The Labute approximate surface area is 99.6 Å². The summed E-state index contributed by atoms with van der Waals surface area (Å²) in [4.78, 5) is 0. The van der Waals surface area contributed by atoms with Gasteiger partial charge in [-0.15, -0.1) is 10.2 Å². The second kappa shape index (κ2) is 4.97. The number of hydrogen-bond acceptors (Lipinski definition) is 5. The summed E-state index contributed by atoms with van der Waals surface area (Å²) in [7, 11) is 1.61. The fraction of sp³-hybridized carbons (Fsp3) is 0.333. The molecule has 0 aliphatic carbocycles. The molecule has 0 spiro atoms. The van der Waals surface area contributed by atoms with Crippen molar-refractivity contribution in [3.8, 4) is 17.2 Å². The zero-order valence-electron chi connectivity index (χ0n) is 9.88. The molecule has 1 unspecified atom stereocenters. The van der Waals surface area contributed by atoms with Crippen LogP contribution in [-0.4, -0.2) is 17.3 Å². The molecule has 1 atom stereocenters. The van der Waals surface area contributed by atoms with Crippen molar-refractivity contribution in [2.75, 3.05) is 7.11 Å². The van der Waals surface area contributed by atoms with Gasteiger partial charge in [-0.1, -0.05) is 19.1 Å². The van der Waals surface area contributed by atoms with E-state index in [1.54, 1.807) is 7.11 Å². The molecule has 1 aromatic heterocycles. The molecular weight excluding hydrogens is 218 g/mol. The maximum Gasteiger partial charge on any atom is 0.251 e. The van der Waals surface area contributed by atoms with Crippen molar-refractivity contribution in [1.82, 2.24) is 10.2 Å². The number of nitrogens with zero attached hydrogens (tertiary/aromatic N) is 2. The molecule has 0 saturated carbocycles. The van der Waals surface area contributed by atoms with Crippen molar-refractivity contribution in [3.63, 3.8) is 0 Å². The minimum absolute atomic E-state index is 0.217. The topological polar surface area (TPSA) is 74.2 Å². The fourth-order valence-corrected chi connectivity index (χ4v) is 1.49. The van der Waals surface area contributed by atoms with Gasteiger partial charge in [-0.25, -0.2) is 0 Å². The van der Waals surface area contributed by atoms with E-state index in [4.69, 9.17) is 14.9 Å². The number of para-hydroxylation sites is 1. The molecule has 17 heavy (non-hydrogen) atoms. The fourth-order valence-electron chi connectivity index (χ4n) is 1.49. The van der Waals surface area contributed by atoms with Gasteiger partial charge in [-0.05, 0) is 18.6 Å². The molecule has 0 aliphatic rings. The Kier molecular flexibility index (Phi) is 3.39. The predicted molar refractivity (Wildman–Crippen MR) is 63.5 cm³/mol. The number of rotatable bonds is 4. The van der Waals surface area contributed by atoms with E-state index in [0.29, 0.717) is 17.5 Å². The molecule has 5 heteroatoms. The molecule has 2 aromatic rings. The number of nitrogens with two attached hydrogens (primary N) is 1. The summed E-state index contributed by atoms with van der Waals surface area (Å²) in [6.07, 6.45) is 0.757. The average molecular weight is 233 g/mol. The van der Waals surface area contributed by atoms with E-state index >= 15 is 0 Å². The third-order valence-electron chi connectivity index (χ3n) is 2.54. The zero-order chi connectivity index (χ0) is 12.3. The van der Waals surface area contributed by atoms with Crippen LogP contribution in [0.3, 0.4) is 0 Å². The molecule has 0 fully saturated rings. The van der Waals surface area contributed by atoms with Crippen LogP contribution in [0.1, 0.15) is 25.3 Å². The van der Waals surface area contributed by atoms with Crippen molar-refractivity contribution in [3.05, 3.63) is 30.2 Å². The van der Waals surface area contributed by atoms with Crippen LogP contribution in [0.4, 0.5) is 0 Å². The van der Waals surface area contributed by atoms with Gasteiger partial charge in [0.05, 0.1) is 18.7 Å². The molecule has 0 amide bonds. The number of benzene rings is 1. The molecule has 1 heterocycles. The second-order valence-electron chi connectivity index (χ2n) is 3.66. The first-order chi connectivity index (χ1) is 8.26. The van der Waals surface area contributed by atoms with E-state index in [1.807, 2.05) is 31.2 Å². The number of ether oxygens (including phenoxy) is 1. The molecule has 0 bridgehead atoms. The lowest BCUT2D eigenvalue weighted by molar-refractivity contribution is 0.411. The van der Waals surface area contributed by atoms with Gasteiger partial charge in [0, 0.05) is 0 Å². The van der Waals surface area contributed by atoms with Crippen LogP contribution in [0.25, 0.3) is 11.5 Å². The van der Waals surface area contributed by atoms with Gasteiger partial charge in [0.1, 0.15) is 5.75 Å². The van der Waals surface area contributed by atoms with Crippen molar-refractivity contribution in [2.24, 2.45) is 5.73 Å². The minimum Gasteiger partial charge on any atom is -0.496 e. The van der Waals surface area contributed by atoms with E-state index in [9.17, 15) is 0 Å². The van der Waals surface area contributed by atoms with Gasteiger partial charge in [0.15, 0.2) is 0 Å². The number of methoxy groups -OCH3 is 1. The van der Waals surface area contributed by atoms with E-state index < -0.39 is 0 Å². The lowest BCUT2D eigenvalue weighted by Crippen LogP contribution is -2.08. The highest BCUT2D eigenvalue weighted by atomic mass is 16.5. The first kappa shape index (κ1) is 11.6. The predicted octanol–water partition coefficient (Wildman–Crippen LogP) is 2.16. The van der Waals surface area contributed by atoms with Crippen LogP contribution >= 0.6 is 0 Å². The summed E-state index contributed by atoms with van der Waals surface area (Å²) in [5.74, 6) is 1.59. The normalized spacial score (nSPS) is 12.4. The molecule has 5 nitrogen and oxygen atoms in total. The minimum atomic E-state index is -0.217. The van der Waals surface area contributed by atoms with Crippen LogP contribution < -0.4 is 10.5 Å². The molecule has 0 saturated heterocycles. The van der Waals surface area contributed by atoms with Gasteiger partial charge in [-0.3, -0.25) is 0 Å². The summed E-state index contributed by atoms with van der Waals surface area (Å²) in [5.41, 5.74) is 6.60. The van der Waals surface area contributed by atoms with Crippen molar-refractivity contribution < 1.29 is 9.15 Å². The average Bonchev–Trinajstić information content (AvgIpc) is 2.87. The Morgan fingerprint density at radius 3 is 2.82 bits per heavy atom. The van der Waals surface area contributed by atoms with E-state index in [1.165, 1.54) is 0 Å². The monoisotopic (exact) mass is 233 g/mol. The highest BCUT2D eigenvalue weighted by Crippen LogP contribution is 2.29. The first-order valence-electron chi connectivity index (χ1n) is 5.48. The molecule has 90 valence electrons. The summed E-state index contributed by atoms with van der Waals surface area (Å²) < 4.78 is 10.8. The highest BCUT2D eigenvalue weighted by molar-refractivity contribution is 5.62. The van der Waals surface area contributed by atoms with Gasteiger partial charge >= 0.3 is 0 Å². The third-order valence-corrected chi connectivity index (χ3v) is 2.54. The van der Waals surface area contributed by atoms with Crippen molar-refractivity contribution >= 4 is 0 Å². The molecule has 0 radical (unpaired) electrons. The molecule has 2 rings (SSSR count). The third kappa shape index (κ3) is 2.29. The lowest BCUT2D eigenvalue weighted by atomic mass is 10.2. The smallest absolute Gasteiger partial charge is 0.251 e. The Morgan fingerprint density at radius 1 is 1.35 bits per heavy atom. The summed E-state index contributed by atoms with van der Waals surface area (Å²) in [5, 5.41) is 7.93. The highest BCUT2D eigenvalue weighted by Gasteiger charge is 2.16. The van der Waals surface area contributed by atoms with Crippen LogP contribution in [-0.2, 0) is 0 Å². The Morgan fingerprint density at radius 2 is 2.12 bits per heavy atom. The Bertz CT molecular complexity index is 496. The Hall–Kier alpha value is -1.88. The maximum absolute atomic E-state index is 5.83. The Balaban J connectivity index is 2.37. The van der Waals surface area contributed by atoms with E-state index in [-0.39, 0.29) is 6.04 Å². The lowest BCUT2D eigenvalue weighted by Gasteiger charge is -2.04. The van der Waals surface area contributed by atoms with Crippen molar-refractivity contribution in [2.45, 2.75) is 19.4 Å². The molecular formula is C12H15N3O2. The molecule has 1 aromatic carbocycles. The number of hydrogen-bond donors (Lipinski definition) is 1. The molecule has 2 N–H and O–H groups in total. The zero-order valence-corrected chi connectivity index (χ0v) is 9.88. The van der Waals surface area contributed by atoms with E-state index in [2.05, 4.69) is 10.2 Å². The van der Waals surface area contributed by atoms with Crippen molar-refractivity contribution in [1.29, 1.82) is 0 Å². The van der Waals surface area contributed by atoms with Crippen LogP contribution in [0, 0.1) is 0 Å². The van der Waals surface area contributed by atoms with Gasteiger partial charge in [-0.2, -0.15) is 0 Å². The summed E-state index contributed by atoms with van der Waals surface area (Å²) in [6.45, 7) is 1.97. The van der Waals surface area contributed by atoms with Gasteiger partial charge < -0.3 is 14.9 Å². The summed E-state index contributed by atoms with van der Waals surface area (Å²) in [6, 6.07) is 7.27. The summed E-state index contributed by atoms with van der Waals surface area (Å²) >= 11 is 0. The SMILES string of the molecule is CCC(N)c1nnc(-c2ccccc2OC)o1. The van der Waals surface area contributed by atoms with Gasteiger partial charge in [0.2, 0.25) is 5.89 Å². The molecule has 0 aliphatic heterocycles. The van der Waals surface area contributed by atoms with Crippen LogP contribution in [0.2, 0.25) is 0 Å². The van der Waals surface area contributed by atoms with Crippen LogP contribution in [0.15, 0.2) is 28.7 Å². The van der Waals surface area contributed by atoms with Crippen LogP contribution in [0.5, 0.6) is 5.75 Å². The largest absolute Gasteiger partial charge is 0.496 e. The maximum atomic E-state index is 5.83. The van der Waals surface area contributed by atoms with E-state index in [0.717, 1.165) is 12.0 Å². The standard InChI is InChI=1S/C12H15N3O2/c1-3-9(13)12-15-14-11(17-12)8-6-4-5-7-10(8)16-2/h4-7,9H,3,13H2,1-2H3. The quantitative estimate of drug-likeness (QED) is 0.875. The number of aromatic nitrogens is 2. The van der Waals surface area contributed by atoms with Gasteiger partial charge in [0.25, 0.3) is 5.89 Å².